The van der Waals surface area contributed by atoms with Gasteiger partial charge in [-0.3, -0.25) is 0 Å². The molecule has 0 aromatic heterocycles. The highest BCUT2D eigenvalue weighted by molar-refractivity contribution is 5.35. The molecule has 2 aromatic carbocycles. The van der Waals surface area contributed by atoms with E-state index in [1.807, 2.05) is 37.3 Å². The van der Waals surface area contributed by atoms with E-state index in [1.54, 1.807) is 0 Å². The molecule has 0 saturated heterocycles. The smallest absolute Gasteiger partial charge is 0.108 e. The van der Waals surface area contributed by atoms with Crippen LogP contribution in [0.4, 0.5) is 0 Å². The molecular weight excluding hydrogens is 326 g/mol. The maximum atomic E-state index is 10.2. The molecule has 0 aliphatic carbocycles. The minimum atomic E-state index is -0.544. The van der Waals surface area contributed by atoms with Crippen LogP contribution in [-0.4, -0.2) is 44.1 Å². The third kappa shape index (κ3) is 6.89. The van der Waals surface area contributed by atoms with Crippen LogP contribution in [0.15, 0.2) is 54.6 Å². The number of aliphatic hydroxyl groups is 1. The Hall–Kier alpha value is -1.72. The number of aliphatic hydroxyl groups excluding tert-OH is 1. The molecule has 4 heteroatoms. The summed E-state index contributed by atoms with van der Waals surface area (Å²) in [7, 11) is 0. The van der Waals surface area contributed by atoms with Crippen molar-refractivity contribution in [1.29, 1.82) is 0 Å². The summed E-state index contributed by atoms with van der Waals surface area (Å²) in [5.74, 6) is 0. The van der Waals surface area contributed by atoms with Gasteiger partial charge in [0.05, 0.1) is 12.7 Å². The fourth-order valence-corrected chi connectivity index (χ4v) is 2.85. The largest absolute Gasteiger partial charge is 0.389 e. The zero-order chi connectivity index (χ0) is 18.6. The van der Waals surface area contributed by atoms with E-state index in [4.69, 9.17) is 9.47 Å². The Morgan fingerprint density at radius 3 is 2.50 bits per heavy atom. The van der Waals surface area contributed by atoms with Gasteiger partial charge in [0.15, 0.2) is 0 Å². The Labute approximate surface area is 157 Å². The first-order chi connectivity index (χ1) is 12.7. The van der Waals surface area contributed by atoms with Crippen LogP contribution in [0, 0.1) is 6.92 Å². The molecule has 0 bridgehead atoms. The molecule has 2 N–H and O–H groups in total. The van der Waals surface area contributed by atoms with Crippen molar-refractivity contribution >= 4 is 0 Å². The highest BCUT2D eigenvalue weighted by Gasteiger charge is 2.18. The molecule has 4 nitrogen and oxygen atoms in total. The number of nitrogens with one attached hydrogen (secondary N) is 1. The van der Waals surface area contributed by atoms with E-state index < -0.39 is 6.10 Å². The Kier molecular flexibility index (Phi) is 9.35. The molecule has 0 unspecified atom stereocenters. The number of hydrogen-bond acceptors (Lipinski definition) is 4. The minimum absolute atomic E-state index is 0.176. The maximum Gasteiger partial charge on any atom is 0.108 e. The lowest BCUT2D eigenvalue weighted by molar-refractivity contribution is 0.00626. The lowest BCUT2D eigenvalue weighted by atomic mass is 9.97. The summed E-state index contributed by atoms with van der Waals surface area (Å²) in [4.78, 5) is 0. The van der Waals surface area contributed by atoms with Crippen molar-refractivity contribution in [2.75, 3.05) is 32.9 Å². The Balaban J connectivity index is 1.89. The summed E-state index contributed by atoms with van der Waals surface area (Å²) in [5.41, 5.74) is 3.42. The van der Waals surface area contributed by atoms with Crippen molar-refractivity contribution in [3.8, 4) is 0 Å². The van der Waals surface area contributed by atoms with Crippen LogP contribution in [0.5, 0.6) is 0 Å². The molecule has 26 heavy (non-hydrogen) atoms. The van der Waals surface area contributed by atoms with Gasteiger partial charge < -0.3 is 19.9 Å². The van der Waals surface area contributed by atoms with Crippen LogP contribution >= 0.6 is 0 Å². The first-order valence-corrected chi connectivity index (χ1v) is 9.41. The quantitative estimate of drug-likeness (QED) is 0.571. The van der Waals surface area contributed by atoms with Crippen LogP contribution in [0.2, 0.25) is 0 Å². The standard InChI is InChI=1S/C22H31NO3/c1-3-25-15-9-14-23-16-20(24)17-26-22(19-11-5-4-6-12-19)21-13-8-7-10-18(21)2/h4-8,10-13,20,22-24H,3,9,14-17H2,1-2H3/t20-,22-/m1/s1. The topological polar surface area (TPSA) is 50.7 Å². The second-order valence-corrected chi connectivity index (χ2v) is 6.39. The number of benzene rings is 2. The van der Waals surface area contributed by atoms with Crippen molar-refractivity contribution < 1.29 is 14.6 Å². The molecule has 2 aromatic rings. The van der Waals surface area contributed by atoms with E-state index in [9.17, 15) is 5.11 Å². The third-order valence-corrected chi connectivity index (χ3v) is 4.25. The SMILES string of the molecule is CCOCCCNC[C@@H](O)CO[C@H](c1ccccc1)c1ccccc1C. The Morgan fingerprint density at radius 1 is 1.04 bits per heavy atom. The van der Waals surface area contributed by atoms with Gasteiger partial charge in [0.1, 0.15) is 6.10 Å². The van der Waals surface area contributed by atoms with Crippen molar-refractivity contribution in [3.63, 3.8) is 0 Å². The zero-order valence-electron chi connectivity index (χ0n) is 15.9. The van der Waals surface area contributed by atoms with Gasteiger partial charge in [-0.15, -0.1) is 0 Å². The monoisotopic (exact) mass is 357 g/mol. The van der Waals surface area contributed by atoms with Crippen molar-refractivity contribution in [2.24, 2.45) is 0 Å². The number of aryl methyl sites for hydroxylation is 1. The van der Waals surface area contributed by atoms with Crippen LogP contribution in [0.1, 0.15) is 36.1 Å². The average Bonchev–Trinajstić information content (AvgIpc) is 2.67. The predicted octanol–water partition coefficient (Wildman–Crippen LogP) is 3.48. The van der Waals surface area contributed by atoms with E-state index in [-0.39, 0.29) is 12.7 Å². The van der Waals surface area contributed by atoms with E-state index in [1.165, 1.54) is 5.56 Å². The fraction of sp³-hybridized carbons (Fsp3) is 0.455. The van der Waals surface area contributed by atoms with Gasteiger partial charge >= 0.3 is 0 Å². The van der Waals surface area contributed by atoms with E-state index in [0.29, 0.717) is 6.54 Å². The van der Waals surface area contributed by atoms with Crippen LogP contribution < -0.4 is 5.32 Å². The summed E-state index contributed by atoms with van der Waals surface area (Å²) in [6, 6.07) is 18.4. The van der Waals surface area contributed by atoms with Crippen LogP contribution in [0.3, 0.4) is 0 Å². The summed E-state index contributed by atoms with van der Waals surface area (Å²) in [6.45, 7) is 7.21. The van der Waals surface area contributed by atoms with Gasteiger partial charge in [-0.2, -0.15) is 0 Å². The molecule has 142 valence electrons. The summed E-state index contributed by atoms with van der Waals surface area (Å²) >= 11 is 0. The summed E-state index contributed by atoms with van der Waals surface area (Å²) < 4.78 is 11.4. The van der Waals surface area contributed by atoms with Crippen molar-refractivity contribution in [1.82, 2.24) is 5.32 Å². The highest BCUT2D eigenvalue weighted by Crippen LogP contribution is 2.28. The lowest BCUT2D eigenvalue weighted by Crippen LogP contribution is -2.32. The molecule has 2 rings (SSSR count). The molecule has 2 atom stereocenters. The van der Waals surface area contributed by atoms with Crippen LogP contribution in [0.25, 0.3) is 0 Å². The van der Waals surface area contributed by atoms with Gasteiger partial charge in [0.2, 0.25) is 0 Å². The van der Waals surface area contributed by atoms with Crippen molar-refractivity contribution in [3.05, 3.63) is 71.3 Å². The van der Waals surface area contributed by atoms with Gasteiger partial charge in [-0.25, -0.2) is 0 Å². The van der Waals surface area contributed by atoms with E-state index in [2.05, 4.69) is 36.5 Å². The second-order valence-electron chi connectivity index (χ2n) is 6.39. The molecule has 0 amide bonds. The molecule has 0 heterocycles. The van der Waals surface area contributed by atoms with Gasteiger partial charge in [0.25, 0.3) is 0 Å². The molecule has 0 aliphatic heterocycles. The predicted molar refractivity (Wildman–Crippen MR) is 105 cm³/mol. The van der Waals surface area contributed by atoms with E-state index in [0.717, 1.165) is 37.3 Å². The molecule has 0 fully saturated rings. The molecule has 0 aliphatic rings. The number of rotatable bonds is 12. The Bertz CT molecular complexity index is 618. The average molecular weight is 357 g/mol. The van der Waals surface area contributed by atoms with Gasteiger partial charge in [-0.1, -0.05) is 54.6 Å². The lowest BCUT2D eigenvalue weighted by Gasteiger charge is -2.22. The first-order valence-electron chi connectivity index (χ1n) is 9.41. The molecule has 0 spiro atoms. The minimum Gasteiger partial charge on any atom is -0.389 e. The first kappa shape index (κ1) is 20.6. The molecule has 0 saturated carbocycles. The second kappa shape index (κ2) is 11.8. The Morgan fingerprint density at radius 2 is 1.77 bits per heavy atom. The van der Waals surface area contributed by atoms with Gasteiger partial charge in [0, 0.05) is 19.8 Å². The van der Waals surface area contributed by atoms with E-state index >= 15 is 0 Å². The number of hydrogen-bond donors (Lipinski definition) is 2. The highest BCUT2D eigenvalue weighted by atomic mass is 16.5. The van der Waals surface area contributed by atoms with Gasteiger partial charge in [-0.05, 0) is 43.5 Å². The van der Waals surface area contributed by atoms with Crippen LogP contribution in [-0.2, 0) is 9.47 Å². The fourth-order valence-electron chi connectivity index (χ4n) is 2.85. The third-order valence-electron chi connectivity index (χ3n) is 4.25. The number of ether oxygens (including phenoxy) is 2. The van der Waals surface area contributed by atoms with Crippen molar-refractivity contribution in [2.45, 2.75) is 32.5 Å². The summed E-state index contributed by atoms with van der Waals surface area (Å²) in [6.07, 6.45) is 0.222. The maximum absolute atomic E-state index is 10.2. The summed E-state index contributed by atoms with van der Waals surface area (Å²) in [5, 5.41) is 13.5. The normalized spacial score (nSPS) is 13.5. The zero-order valence-corrected chi connectivity index (χ0v) is 15.9. The molecular formula is C22H31NO3. The molecule has 0 radical (unpaired) electrons.